The molecule has 1 aliphatic rings. The van der Waals surface area contributed by atoms with Crippen LogP contribution in [0, 0.1) is 0 Å². The molecule has 0 amide bonds. The molecule has 2 rings (SSSR count). The van der Waals surface area contributed by atoms with E-state index >= 15 is 0 Å². The van der Waals surface area contributed by atoms with E-state index in [1.54, 1.807) is 0 Å². The maximum atomic E-state index is 5.34. The van der Waals surface area contributed by atoms with Crippen LogP contribution in [0.1, 0.15) is 44.6 Å². The van der Waals surface area contributed by atoms with Gasteiger partial charge in [-0.1, -0.05) is 44.4 Å². The van der Waals surface area contributed by atoms with Crippen LogP contribution in [0.4, 0.5) is 0 Å². The molecule has 1 heterocycles. The standard InChI is InChI=1S/C15H20O2/c1-2-3-4-5-6-7-8-13-9-10-14-15(11-13)17-12-16-14/h7-11H,2-6,12H2,1H3. The van der Waals surface area contributed by atoms with Crippen molar-refractivity contribution in [1.29, 1.82) is 0 Å². The average molecular weight is 232 g/mol. The molecule has 0 atom stereocenters. The van der Waals surface area contributed by atoms with Gasteiger partial charge in [0.25, 0.3) is 0 Å². The molecular weight excluding hydrogens is 212 g/mol. The first-order valence-electron chi connectivity index (χ1n) is 6.46. The van der Waals surface area contributed by atoms with Crippen LogP contribution in [-0.4, -0.2) is 6.79 Å². The van der Waals surface area contributed by atoms with Crippen LogP contribution in [0.15, 0.2) is 24.3 Å². The van der Waals surface area contributed by atoms with Gasteiger partial charge in [-0.25, -0.2) is 0 Å². The van der Waals surface area contributed by atoms with Crippen molar-refractivity contribution in [3.8, 4) is 11.5 Å². The fraction of sp³-hybridized carbons (Fsp3) is 0.467. The second kappa shape index (κ2) is 6.33. The third-order valence-corrected chi connectivity index (χ3v) is 2.93. The highest BCUT2D eigenvalue weighted by Crippen LogP contribution is 2.32. The van der Waals surface area contributed by atoms with Gasteiger partial charge in [0.05, 0.1) is 0 Å². The van der Waals surface area contributed by atoms with Gasteiger partial charge >= 0.3 is 0 Å². The van der Waals surface area contributed by atoms with Gasteiger partial charge in [-0.2, -0.15) is 0 Å². The molecule has 2 nitrogen and oxygen atoms in total. The number of hydrogen-bond donors (Lipinski definition) is 0. The van der Waals surface area contributed by atoms with Gasteiger partial charge in [-0.15, -0.1) is 0 Å². The van der Waals surface area contributed by atoms with Crippen molar-refractivity contribution in [1.82, 2.24) is 0 Å². The molecule has 92 valence electrons. The summed E-state index contributed by atoms with van der Waals surface area (Å²) in [5, 5.41) is 0. The fourth-order valence-electron chi connectivity index (χ4n) is 1.93. The SMILES string of the molecule is CCCCCCC=Cc1ccc2c(c1)OCO2. The summed E-state index contributed by atoms with van der Waals surface area (Å²) in [7, 11) is 0. The second-order valence-corrected chi connectivity index (χ2v) is 4.36. The molecule has 0 fully saturated rings. The van der Waals surface area contributed by atoms with Gasteiger partial charge in [-0.3, -0.25) is 0 Å². The molecule has 17 heavy (non-hydrogen) atoms. The third-order valence-electron chi connectivity index (χ3n) is 2.93. The largest absolute Gasteiger partial charge is 0.454 e. The first-order valence-corrected chi connectivity index (χ1v) is 6.46. The van der Waals surface area contributed by atoms with E-state index in [0.29, 0.717) is 6.79 Å². The first-order chi connectivity index (χ1) is 8.40. The summed E-state index contributed by atoms with van der Waals surface area (Å²) >= 11 is 0. The maximum Gasteiger partial charge on any atom is 0.231 e. The number of rotatable bonds is 6. The van der Waals surface area contributed by atoms with Gasteiger partial charge in [0.2, 0.25) is 6.79 Å². The molecule has 0 unspecified atom stereocenters. The molecule has 0 spiro atoms. The third kappa shape index (κ3) is 3.52. The molecule has 1 aromatic carbocycles. The van der Waals surface area contributed by atoms with Crippen LogP contribution in [0.3, 0.4) is 0 Å². The molecule has 1 aliphatic heterocycles. The van der Waals surface area contributed by atoms with Crippen LogP contribution in [0.2, 0.25) is 0 Å². The summed E-state index contributed by atoms with van der Waals surface area (Å²) in [6, 6.07) is 6.07. The Morgan fingerprint density at radius 3 is 2.88 bits per heavy atom. The Kier molecular flexibility index (Phi) is 4.48. The number of hydrogen-bond acceptors (Lipinski definition) is 2. The quantitative estimate of drug-likeness (QED) is 0.677. The van der Waals surface area contributed by atoms with E-state index in [0.717, 1.165) is 17.9 Å². The summed E-state index contributed by atoms with van der Waals surface area (Å²) < 4.78 is 10.6. The van der Waals surface area contributed by atoms with Crippen LogP contribution in [0.25, 0.3) is 6.08 Å². The minimum Gasteiger partial charge on any atom is -0.454 e. The van der Waals surface area contributed by atoms with Crippen LogP contribution < -0.4 is 9.47 Å². The minimum atomic E-state index is 0.347. The smallest absolute Gasteiger partial charge is 0.231 e. The molecule has 1 aromatic rings. The topological polar surface area (TPSA) is 18.5 Å². The zero-order valence-corrected chi connectivity index (χ0v) is 10.4. The van der Waals surface area contributed by atoms with Gasteiger partial charge < -0.3 is 9.47 Å². The number of allylic oxidation sites excluding steroid dienone is 1. The molecular formula is C15H20O2. The summed E-state index contributed by atoms with van der Waals surface area (Å²) in [4.78, 5) is 0. The highest BCUT2D eigenvalue weighted by molar-refractivity contribution is 5.56. The number of unbranched alkanes of at least 4 members (excludes halogenated alkanes) is 4. The summed E-state index contributed by atoms with van der Waals surface area (Å²) in [6.45, 7) is 2.59. The van der Waals surface area contributed by atoms with Crippen molar-refractivity contribution in [2.24, 2.45) is 0 Å². The first kappa shape index (κ1) is 12.0. The second-order valence-electron chi connectivity index (χ2n) is 4.36. The molecule has 0 aliphatic carbocycles. The van der Waals surface area contributed by atoms with Gasteiger partial charge in [0.1, 0.15) is 0 Å². The lowest BCUT2D eigenvalue weighted by Gasteiger charge is -1.98. The van der Waals surface area contributed by atoms with Gasteiger partial charge in [-0.05, 0) is 30.5 Å². The molecule has 0 saturated heterocycles. The highest BCUT2D eigenvalue weighted by Gasteiger charge is 2.11. The molecule has 0 saturated carbocycles. The normalized spacial score (nSPS) is 13.5. The van der Waals surface area contributed by atoms with Crippen molar-refractivity contribution >= 4 is 6.08 Å². The number of ether oxygens (including phenoxy) is 2. The van der Waals surface area contributed by atoms with Crippen molar-refractivity contribution < 1.29 is 9.47 Å². The van der Waals surface area contributed by atoms with E-state index in [4.69, 9.17) is 9.47 Å². The van der Waals surface area contributed by atoms with E-state index in [1.807, 2.05) is 12.1 Å². The minimum absolute atomic E-state index is 0.347. The van der Waals surface area contributed by atoms with E-state index in [1.165, 1.54) is 31.2 Å². The Morgan fingerprint density at radius 1 is 1.12 bits per heavy atom. The average Bonchev–Trinajstić information content (AvgIpc) is 2.81. The fourth-order valence-corrected chi connectivity index (χ4v) is 1.93. The summed E-state index contributed by atoms with van der Waals surface area (Å²) in [6.07, 6.45) is 10.8. The zero-order chi connectivity index (χ0) is 11.9. The predicted octanol–water partition coefficient (Wildman–Crippen LogP) is 4.40. The Balaban J connectivity index is 1.80. The molecule has 0 aromatic heterocycles. The monoisotopic (exact) mass is 232 g/mol. The predicted molar refractivity (Wildman–Crippen MR) is 70.4 cm³/mol. The van der Waals surface area contributed by atoms with Crippen molar-refractivity contribution in [2.45, 2.75) is 39.0 Å². The highest BCUT2D eigenvalue weighted by atomic mass is 16.7. The number of fused-ring (bicyclic) bond motifs is 1. The Labute approximate surface area is 103 Å². The maximum absolute atomic E-state index is 5.34. The van der Waals surface area contributed by atoms with E-state index < -0.39 is 0 Å². The molecule has 0 N–H and O–H groups in total. The molecule has 2 heteroatoms. The van der Waals surface area contributed by atoms with E-state index in [9.17, 15) is 0 Å². The van der Waals surface area contributed by atoms with Crippen LogP contribution in [-0.2, 0) is 0 Å². The summed E-state index contributed by atoms with van der Waals surface area (Å²) in [5.74, 6) is 1.71. The Hall–Kier alpha value is -1.44. The lowest BCUT2D eigenvalue weighted by atomic mass is 10.1. The van der Waals surface area contributed by atoms with E-state index in [2.05, 4.69) is 25.1 Å². The van der Waals surface area contributed by atoms with E-state index in [-0.39, 0.29) is 0 Å². The van der Waals surface area contributed by atoms with Crippen LogP contribution in [0.5, 0.6) is 11.5 Å². The Bertz CT molecular complexity index is 383. The summed E-state index contributed by atoms with van der Waals surface area (Å²) in [5.41, 5.74) is 1.18. The van der Waals surface area contributed by atoms with Gasteiger partial charge in [0, 0.05) is 0 Å². The van der Waals surface area contributed by atoms with Gasteiger partial charge in [0.15, 0.2) is 11.5 Å². The zero-order valence-electron chi connectivity index (χ0n) is 10.4. The van der Waals surface area contributed by atoms with Crippen molar-refractivity contribution in [3.05, 3.63) is 29.8 Å². The number of benzene rings is 1. The molecule has 0 radical (unpaired) electrons. The lowest BCUT2D eigenvalue weighted by Crippen LogP contribution is -1.92. The van der Waals surface area contributed by atoms with Crippen LogP contribution >= 0.6 is 0 Å². The van der Waals surface area contributed by atoms with Crippen molar-refractivity contribution in [2.75, 3.05) is 6.79 Å². The molecule has 0 bridgehead atoms. The Morgan fingerprint density at radius 2 is 2.00 bits per heavy atom. The van der Waals surface area contributed by atoms with Crippen molar-refractivity contribution in [3.63, 3.8) is 0 Å². The lowest BCUT2D eigenvalue weighted by molar-refractivity contribution is 0.174.